The number of carbonyl (C=O) groups excluding carboxylic acids is 2. The molecule has 2 amide bonds. The highest BCUT2D eigenvalue weighted by molar-refractivity contribution is 6.31. The summed E-state index contributed by atoms with van der Waals surface area (Å²) < 4.78 is 27.5. The molecule has 0 fully saturated rings. The highest BCUT2D eigenvalue weighted by Gasteiger charge is 2.16. The number of anilines is 2. The van der Waals surface area contributed by atoms with Gasteiger partial charge in [0.15, 0.2) is 0 Å². The van der Waals surface area contributed by atoms with E-state index in [0.29, 0.717) is 0 Å². The van der Waals surface area contributed by atoms with Gasteiger partial charge in [0.05, 0.1) is 16.9 Å². The first kappa shape index (κ1) is 18.5. The van der Waals surface area contributed by atoms with E-state index in [1.165, 1.54) is 24.4 Å². The molecule has 0 unspecified atom stereocenters. The largest absolute Gasteiger partial charge is 0.320 e. The van der Waals surface area contributed by atoms with Crippen molar-refractivity contribution in [2.24, 2.45) is 0 Å². The van der Waals surface area contributed by atoms with Crippen LogP contribution in [0.15, 0.2) is 60.8 Å². The number of aromatic nitrogens is 1. The Bertz CT molecular complexity index is 1010. The van der Waals surface area contributed by atoms with Gasteiger partial charge in [0.1, 0.15) is 17.3 Å². The zero-order valence-corrected chi connectivity index (χ0v) is 14.4. The lowest BCUT2D eigenvalue weighted by molar-refractivity contribution is 0.101. The SMILES string of the molecule is O=C(Nc1ccc(F)cc1NC(=O)c1cc(Cl)ccc1F)c1ccccn1. The number of nitrogens with one attached hydrogen (secondary N) is 2. The number of hydrogen-bond acceptors (Lipinski definition) is 3. The van der Waals surface area contributed by atoms with E-state index in [-0.39, 0.29) is 27.7 Å². The monoisotopic (exact) mass is 387 g/mol. The molecule has 0 atom stereocenters. The van der Waals surface area contributed by atoms with Gasteiger partial charge in [-0.05, 0) is 48.5 Å². The van der Waals surface area contributed by atoms with Gasteiger partial charge in [-0.2, -0.15) is 0 Å². The van der Waals surface area contributed by atoms with E-state index in [9.17, 15) is 18.4 Å². The van der Waals surface area contributed by atoms with Crippen molar-refractivity contribution < 1.29 is 18.4 Å². The molecule has 2 aromatic carbocycles. The van der Waals surface area contributed by atoms with Crippen LogP contribution in [0, 0.1) is 11.6 Å². The predicted octanol–water partition coefficient (Wildman–Crippen LogP) is 4.52. The standard InChI is InChI=1S/C19H12ClF2N3O2/c20-11-4-6-14(22)13(9-11)18(26)25-17-10-12(21)5-7-15(17)24-19(27)16-3-1-2-8-23-16/h1-10H,(H,24,27)(H,25,26). The van der Waals surface area contributed by atoms with Gasteiger partial charge >= 0.3 is 0 Å². The van der Waals surface area contributed by atoms with E-state index in [2.05, 4.69) is 15.6 Å². The summed E-state index contributed by atoms with van der Waals surface area (Å²) in [6, 6.07) is 11.7. The van der Waals surface area contributed by atoms with E-state index in [4.69, 9.17) is 11.6 Å². The Morgan fingerprint density at radius 2 is 1.67 bits per heavy atom. The molecule has 3 aromatic rings. The van der Waals surface area contributed by atoms with E-state index < -0.39 is 23.4 Å². The molecular weight excluding hydrogens is 376 g/mol. The number of halogens is 3. The predicted molar refractivity (Wildman–Crippen MR) is 98.0 cm³/mol. The van der Waals surface area contributed by atoms with Crippen molar-refractivity contribution in [3.8, 4) is 0 Å². The summed E-state index contributed by atoms with van der Waals surface area (Å²) in [4.78, 5) is 28.5. The van der Waals surface area contributed by atoms with Crippen molar-refractivity contribution in [1.82, 2.24) is 4.98 Å². The molecule has 0 radical (unpaired) electrons. The van der Waals surface area contributed by atoms with Gasteiger partial charge in [0.25, 0.3) is 11.8 Å². The zero-order chi connectivity index (χ0) is 19.4. The second-order valence-electron chi connectivity index (χ2n) is 5.44. The molecule has 2 N–H and O–H groups in total. The van der Waals surface area contributed by atoms with Crippen LogP contribution in [-0.4, -0.2) is 16.8 Å². The number of hydrogen-bond donors (Lipinski definition) is 2. The third-order valence-corrected chi connectivity index (χ3v) is 3.78. The second-order valence-corrected chi connectivity index (χ2v) is 5.87. The summed E-state index contributed by atoms with van der Waals surface area (Å²) in [7, 11) is 0. The lowest BCUT2D eigenvalue weighted by Gasteiger charge is -2.13. The average molecular weight is 388 g/mol. The lowest BCUT2D eigenvalue weighted by atomic mass is 10.2. The third-order valence-electron chi connectivity index (χ3n) is 3.55. The molecule has 1 heterocycles. The Balaban J connectivity index is 1.87. The maximum absolute atomic E-state index is 13.9. The topological polar surface area (TPSA) is 71.1 Å². The summed E-state index contributed by atoms with van der Waals surface area (Å²) in [5.74, 6) is -2.82. The van der Waals surface area contributed by atoms with Crippen LogP contribution in [0.4, 0.5) is 20.2 Å². The summed E-state index contributed by atoms with van der Waals surface area (Å²) in [5, 5.41) is 5.08. The van der Waals surface area contributed by atoms with Gasteiger partial charge in [-0.3, -0.25) is 14.6 Å². The first-order valence-corrected chi connectivity index (χ1v) is 8.10. The van der Waals surface area contributed by atoms with E-state index >= 15 is 0 Å². The van der Waals surface area contributed by atoms with Crippen molar-refractivity contribution in [2.45, 2.75) is 0 Å². The maximum Gasteiger partial charge on any atom is 0.274 e. The quantitative estimate of drug-likeness (QED) is 0.691. The van der Waals surface area contributed by atoms with E-state index in [1.807, 2.05) is 0 Å². The molecule has 0 spiro atoms. The fourth-order valence-corrected chi connectivity index (χ4v) is 2.45. The van der Waals surface area contributed by atoms with Crippen molar-refractivity contribution in [2.75, 3.05) is 10.6 Å². The molecule has 0 saturated heterocycles. The maximum atomic E-state index is 13.9. The van der Waals surface area contributed by atoms with Crippen molar-refractivity contribution in [3.63, 3.8) is 0 Å². The molecule has 8 heteroatoms. The number of pyridine rings is 1. The molecular formula is C19H12ClF2N3O2. The third kappa shape index (κ3) is 4.45. The van der Waals surface area contributed by atoms with Crippen LogP contribution in [-0.2, 0) is 0 Å². The number of amides is 2. The van der Waals surface area contributed by atoms with Crippen LogP contribution in [0.25, 0.3) is 0 Å². The number of nitrogens with zero attached hydrogens (tertiary/aromatic N) is 1. The fraction of sp³-hybridized carbons (Fsp3) is 0. The van der Waals surface area contributed by atoms with Crippen LogP contribution in [0.5, 0.6) is 0 Å². The zero-order valence-electron chi connectivity index (χ0n) is 13.7. The van der Waals surface area contributed by atoms with E-state index in [1.54, 1.807) is 12.1 Å². The normalized spacial score (nSPS) is 10.3. The summed E-state index contributed by atoms with van der Waals surface area (Å²) >= 11 is 5.79. The van der Waals surface area contributed by atoms with Gasteiger partial charge in [0, 0.05) is 11.2 Å². The first-order valence-electron chi connectivity index (χ1n) is 7.72. The minimum Gasteiger partial charge on any atom is -0.320 e. The fourth-order valence-electron chi connectivity index (χ4n) is 2.27. The molecule has 1 aromatic heterocycles. The Morgan fingerprint density at radius 1 is 0.889 bits per heavy atom. The Hall–Kier alpha value is -3.32. The van der Waals surface area contributed by atoms with Crippen LogP contribution in [0.3, 0.4) is 0 Å². The van der Waals surface area contributed by atoms with Gasteiger partial charge in [-0.25, -0.2) is 8.78 Å². The molecule has 0 aliphatic heterocycles. The summed E-state index contributed by atoms with van der Waals surface area (Å²) in [6.45, 7) is 0. The summed E-state index contributed by atoms with van der Waals surface area (Å²) in [6.07, 6.45) is 1.45. The number of benzene rings is 2. The molecule has 3 rings (SSSR count). The lowest BCUT2D eigenvalue weighted by Crippen LogP contribution is -2.18. The molecule has 0 bridgehead atoms. The minimum absolute atomic E-state index is 0.0383. The molecule has 5 nitrogen and oxygen atoms in total. The number of carbonyl (C=O) groups is 2. The van der Waals surface area contributed by atoms with Gasteiger partial charge in [-0.15, -0.1) is 0 Å². The summed E-state index contributed by atoms with van der Waals surface area (Å²) in [5.41, 5.74) is -0.0831. The second kappa shape index (κ2) is 7.92. The molecule has 0 aliphatic rings. The Labute approximate surface area is 158 Å². The minimum atomic E-state index is -0.839. The Kier molecular flexibility index (Phi) is 5.42. The highest BCUT2D eigenvalue weighted by atomic mass is 35.5. The van der Waals surface area contributed by atoms with Crippen molar-refractivity contribution >= 4 is 34.8 Å². The van der Waals surface area contributed by atoms with Gasteiger partial charge in [-0.1, -0.05) is 17.7 Å². The van der Waals surface area contributed by atoms with Crippen LogP contribution >= 0.6 is 11.6 Å². The van der Waals surface area contributed by atoms with Crippen molar-refractivity contribution in [1.29, 1.82) is 0 Å². The van der Waals surface area contributed by atoms with Gasteiger partial charge in [0.2, 0.25) is 0 Å². The molecule has 27 heavy (non-hydrogen) atoms. The van der Waals surface area contributed by atoms with Crippen molar-refractivity contribution in [3.05, 3.63) is 88.7 Å². The molecule has 0 saturated carbocycles. The van der Waals surface area contributed by atoms with Gasteiger partial charge < -0.3 is 10.6 Å². The molecule has 136 valence electrons. The molecule has 0 aliphatic carbocycles. The average Bonchev–Trinajstić information content (AvgIpc) is 2.66. The highest BCUT2D eigenvalue weighted by Crippen LogP contribution is 2.25. The van der Waals surface area contributed by atoms with Crippen LogP contribution in [0.2, 0.25) is 5.02 Å². The van der Waals surface area contributed by atoms with Crippen LogP contribution < -0.4 is 10.6 Å². The number of rotatable bonds is 4. The Morgan fingerprint density at radius 3 is 2.41 bits per heavy atom. The first-order chi connectivity index (χ1) is 12.9. The smallest absolute Gasteiger partial charge is 0.274 e. The van der Waals surface area contributed by atoms with E-state index in [0.717, 1.165) is 24.3 Å². The van der Waals surface area contributed by atoms with Crippen LogP contribution in [0.1, 0.15) is 20.8 Å².